The largest absolute Gasteiger partial charge is 0.353 e. The monoisotopic (exact) mass is 537 g/mol. The molecule has 0 aromatic heterocycles. The molecule has 6 nitrogen and oxygen atoms in total. The van der Waals surface area contributed by atoms with Gasteiger partial charge in [-0.25, -0.2) is 0 Å². The van der Waals surface area contributed by atoms with Gasteiger partial charge in [0.25, 0.3) is 0 Å². The van der Waals surface area contributed by atoms with Gasteiger partial charge in [-0.2, -0.15) is 0 Å². The van der Waals surface area contributed by atoms with Gasteiger partial charge < -0.3 is 16.0 Å². The summed E-state index contributed by atoms with van der Waals surface area (Å²) in [5, 5.41) is 8.50. The van der Waals surface area contributed by atoms with Crippen LogP contribution < -0.4 is 16.0 Å². The van der Waals surface area contributed by atoms with E-state index in [-0.39, 0.29) is 23.8 Å². The minimum Gasteiger partial charge on any atom is -0.353 e. The third-order valence-corrected chi connectivity index (χ3v) is 8.14. The number of carbonyl (C=O) groups excluding carboxylic acids is 3. The lowest BCUT2D eigenvalue weighted by atomic mass is 9.69. The fourth-order valence-corrected chi connectivity index (χ4v) is 5.11. The van der Waals surface area contributed by atoms with Crippen LogP contribution in [-0.4, -0.2) is 36.3 Å². The molecule has 1 unspecified atom stereocenters. The van der Waals surface area contributed by atoms with Gasteiger partial charge in [-0.1, -0.05) is 125 Å². The normalized spacial score (nSPS) is 12.8. The highest BCUT2D eigenvalue weighted by Gasteiger charge is 2.39. The third-order valence-electron chi connectivity index (χ3n) is 8.14. The number of nitrogens with one attached hydrogen (secondary N) is 3. The van der Waals surface area contributed by atoms with Crippen LogP contribution in [0.25, 0.3) is 0 Å². The van der Waals surface area contributed by atoms with Crippen molar-refractivity contribution in [1.82, 2.24) is 16.0 Å². The molecule has 0 aromatic rings. The molecule has 0 aliphatic heterocycles. The molecule has 0 spiro atoms. The fourth-order valence-electron chi connectivity index (χ4n) is 5.11. The summed E-state index contributed by atoms with van der Waals surface area (Å²) in [6.07, 6.45) is 21.3. The Morgan fingerprint density at radius 2 is 1.18 bits per heavy atom. The van der Waals surface area contributed by atoms with Crippen LogP contribution in [0.2, 0.25) is 0 Å². The molecule has 0 saturated heterocycles. The zero-order valence-corrected chi connectivity index (χ0v) is 26.2. The molecule has 0 rings (SSSR count). The fraction of sp³-hybridized carbons (Fsp3) is 0.906. The van der Waals surface area contributed by atoms with Gasteiger partial charge >= 0.3 is 0 Å². The first kappa shape index (κ1) is 36.4. The topological polar surface area (TPSA) is 87.3 Å². The lowest BCUT2D eigenvalue weighted by Crippen LogP contribution is -2.60. The Balaban J connectivity index is 4.03. The van der Waals surface area contributed by atoms with Crippen molar-refractivity contribution < 1.29 is 14.4 Å². The van der Waals surface area contributed by atoms with Crippen molar-refractivity contribution in [3.05, 3.63) is 0 Å². The summed E-state index contributed by atoms with van der Waals surface area (Å²) in [5.74, 6) is 0.167. The predicted octanol–water partition coefficient (Wildman–Crippen LogP) is 7.45. The Morgan fingerprint density at radius 1 is 0.737 bits per heavy atom. The van der Waals surface area contributed by atoms with Crippen LogP contribution in [0.1, 0.15) is 158 Å². The average Bonchev–Trinajstić information content (AvgIpc) is 2.82. The molecule has 3 amide bonds. The van der Waals surface area contributed by atoms with Crippen molar-refractivity contribution in [3.8, 4) is 0 Å². The van der Waals surface area contributed by atoms with E-state index in [1.54, 1.807) is 0 Å². The molecule has 0 bridgehead atoms. The zero-order valence-electron chi connectivity index (χ0n) is 26.2. The molecule has 6 heteroatoms. The summed E-state index contributed by atoms with van der Waals surface area (Å²) in [7, 11) is 0. The third kappa shape index (κ3) is 17.8. The smallest absolute Gasteiger partial charge is 0.244 e. The van der Waals surface area contributed by atoms with Gasteiger partial charge in [0.1, 0.15) is 6.04 Å². The summed E-state index contributed by atoms with van der Waals surface area (Å²) in [6.45, 7) is 15.0. The van der Waals surface area contributed by atoms with E-state index in [9.17, 15) is 14.4 Å². The van der Waals surface area contributed by atoms with Crippen LogP contribution in [0.3, 0.4) is 0 Å². The highest BCUT2D eigenvalue weighted by atomic mass is 16.2. The number of carbonyl (C=O) groups is 3. The second-order valence-corrected chi connectivity index (χ2v) is 12.9. The maximum Gasteiger partial charge on any atom is 0.244 e. The molecule has 0 heterocycles. The molecule has 0 aromatic carbocycles. The first-order chi connectivity index (χ1) is 18.0. The number of hydrogen-bond donors (Lipinski definition) is 3. The van der Waals surface area contributed by atoms with Crippen molar-refractivity contribution in [1.29, 1.82) is 0 Å². The predicted molar refractivity (Wildman–Crippen MR) is 161 cm³/mol. The minimum absolute atomic E-state index is 0.0652. The molecule has 224 valence electrons. The number of rotatable bonds is 25. The standard InChI is InChI=1S/C32H63N3O3/c1-8-9-10-11-12-13-14-15-16-17-18-19-20-21-22-23-29(37)33-25-28(34-26-36)30(38)35-32(6,7)31(4,5)24-27(2)3/h26-28H,8-25H2,1-7H3,(H,33,37)(H,34,36)(H,35,38). The van der Waals surface area contributed by atoms with Crippen molar-refractivity contribution in [2.24, 2.45) is 11.3 Å². The van der Waals surface area contributed by atoms with Gasteiger partial charge in [0.15, 0.2) is 0 Å². The first-order valence-electron chi connectivity index (χ1n) is 15.7. The van der Waals surface area contributed by atoms with Crippen molar-refractivity contribution in [3.63, 3.8) is 0 Å². The van der Waals surface area contributed by atoms with Crippen LogP contribution in [0, 0.1) is 11.3 Å². The van der Waals surface area contributed by atoms with E-state index in [1.165, 1.54) is 83.5 Å². The second kappa shape index (κ2) is 21.3. The van der Waals surface area contributed by atoms with E-state index in [1.807, 2.05) is 13.8 Å². The molecule has 3 N–H and O–H groups in total. The highest BCUT2D eigenvalue weighted by molar-refractivity contribution is 5.85. The molecule has 0 saturated carbocycles. The van der Waals surface area contributed by atoms with Crippen LogP contribution >= 0.6 is 0 Å². The quantitative estimate of drug-likeness (QED) is 0.0835. The molecule has 0 aliphatic carbocycles. The molecule has 38 heavy (non-hydrogen) atoms. The summed E-state index contributed by atoms with van der Waals surface area (Å²) >= 11 is 0. The summed E-state index contributed by atoms with van der Waals surface area (Å²) in [5.41, 5.74) is -0.589. The first-order valence-corrected chi connectivity index (χ1v) is 15.7. The Morgan fingerprint density at radius 3 is 1.61 bits per heavy atom. The van der Waals surface area contributed by atoms with Gasteiger partial charge in [-0.05, 0) is 38.0 Å². The molecule has 0 aliphatic rings. The molecular formula is C32H63N3O3. The van der Waals surface area contributed by atoms with E-state index in [0.29, 0.717) is 18.7 Å². The summed E-state index contributed by atoms with van der Waals surface area (Å²) < 4.78 is 0. The van der Waals surface area contributed by atoms with Crippen LogP contribution in [0.15, 0.2) is 0 Å². The van der Waals surface area contributed by atoms with Crippen LogP contribution in [0.4, 0.5) is 0 Å². The second-order valence-electron chi connectivity index (χ2n) is 12.9. The van der Waals surface area contributed by atoms with E-state index in [0.717, 1.165) is 19.3 Å². The summed E-state index contributed by atoms with van der Waals surface area (Å²) in [4.78, 5) is 36.3. The molecule has 0 fully saturated rings. The maximum absolute atomic E-state index is 12.9. The van der Waals surface area contributed by atoms with E-state index < -0.39 is 11.6 Å². The number of hydrogen-bond acceptors (Lipinski definition) is 3. The van der Waals surface area contributed by atoms with Crippen LogP contribution in [-0.2, 0) is 14.4 Å². The molecular weight excluding hydrogens is 474 g/mol. The van der Waals surface area contributed by atoms with E-state index >= 15 is 0 Å². The SMILES string of the molecule is CCCCCCCCCCCCCCCCCC(=O)NCC(NC=O)C(=O)NC(C)(C)C(C)(C)CC(C)C. The van der Waals surface area contributed by atoms with Crippen molar-refractivity contribution in [2.45, 2.75) is 169 Å². The Kier molecular flexibility index (Phi) is 20.4. The van der Waals surface area contributed by atoms with Crippen molar-refractivity contribution >= 4 is 18.2 Å². The van der Waals surface area contributed by atoms with E-state index in [2.05, 4.69) is 50.6 Å². The lowest BCUT2D eigenvalue weighted by molar-refractivity contribution is -0.128. The lowest BCUT2D eigenvalue weighted by Gasteiger charge is -2.44. The van der Waals surface area contributed by atoms with Gasteiger partial charge in [0.05, 0.1) is 0 Å². The van der Waals surface area contributed by atoms with Crippen LogP contribution in [0.5, 0.6) is 0 Å². The Labute approximate surface area is 235 Å². The number of amides is 3. The summed E-state index contributed by atoms with van der Waals surface area (Å²) in [6, 6.07) is -0.786. The van der Waals surface area contributed by atoms with Gasteiger partial charge in [0.2, 0.25) is 18.2 Å². The number of unbranched alkanes of at least 4 members (excludes halogenated alkanes) is 14. The maximum atomic E-state index is 12.9. The Hall–Kier alpha value is -1.59. The van der Waals surface area contributed by atoms with Gasteiger partial charge in [0, 0.05) is 18.5 Å². The highest BCUT2D eigenvalue weighted by Crippen LogP contribution is 2.36. The zero-order chi connectivity index (χ0) is 28.9. The van der Waals surface area contributed by atoms with Gasteiger partial charge in [-0.15, -0.1) is 0 Å². The minimum atomic E-state index is -0.786. The average molecular weight is 538 g/mol. The van der Waals surface area contributed by atoms with Crippen molar-refractivity contribution in [2.75, 3.05) is 6.54 Å². The molecule has 0 radical (unpaired) electrons. The van der Waals surface area contributed by atoms with Gasteiger partial charge in [-0.3, -0.25) is 14.4 Å². The molecule has 1 atom stereocenters. The Bertz CT molecular complexity index is 631. The van der Waals surface area contributed by atoms with E-state index in [4.69, 9.17) is 0 Å².